The maximum atomic E-state index is 4.21. The van der Waals surface area contributed by atoms with Gasteiger partial charge in [0.2, 0.25) is 0 Å². The van der Waals surface area contributed by atoms with E-state index in [1.165, 1.54) is 25.0 Å². The lowest BCUT2D eigenvalue weighted by Crippen LogP contribution is -2.30. The van der Waals surface area contributed by atoms with Crippen molar-refractivity contribution in [3.05, 3.63) is 18.0 Å². The summed E-state index contributed by atoms with van der Waals surface area (Å²) < 4.78 is 1.98. The quantitative estimate of drug-likeness (QED) is 0.769. The molecule has 92 valence electrons. The third-order valence-corrected chi connectivity index (χ3v) is 3.36. The number of aromatic nitrogens is 2. The van der Waals surface area contributed by atoms with Crippen LogP contribution < -0.4 is 5.32 Å². The van der Waals surface area contributed by atoms with Gasteiger partial charge in [0.05, 0.1) is 0 Å². The smallest absolute Gasteiger partial charge is 0.0492 e. The minimum Gasteiger partial charge on any atom is -0.319 e. The van der Waals surface area contributed by atoms with Gasteiger partial charge in [-0.05, 0) is 37.8 Å². The molecule has 1 atom stereocenters. The highest BCUT2D eigenvalue weighted by Gasteiger charge is 2.22. The van der Waals surface area contributed by atoms with Crippen molar-refractivity contribution in [2.45, 2.75) is 39.5 Å². The molecular formula is C13H25N3. The van der Waals surface area contributed by atoms with E-state index in [4.69, 9.17) is 0 Å². The summed E-state index contributed by atoms with van der Waals surface area (Å²) in [5.41, 5.74) is 1.74. The fourth-order valence-electron chi connectivity index (χ4n) is 2.41. The van der Waals surface area contributed by atoms with Gasteiger partial charge in [-0.1, -0.05) is 20.3 Å². The minimum atomic E-state index is 0.410. The van der Waals surface area contributed by atoms with Gasteiger partial charge in [-0.25, -0.2) is 0 Å². The SMILES string of the molecule is CCCC(C)(CCc1ccnn1C)CNC. The predicted octanol–water partition coefficient (Wildman–Crippen LogP) is 2.38. The third kappa shape index (κ3) is 3.63. The van der Waals surface area contributed by atoms with Crippen LogP contribution in [-0.4, -0.2) is 23.4 Å². The summed E-state index contributed by atoms with van der Waals surface area (Å²) in [6.07, 6.45) is 6.76. The zero-order valence-electron chi connectivity index (χ0n) is 11.1. The molecule has 0 aromatic carbocycles. The highest BCUT2D eigenvalue weighted by atomic mass is 15.2. The maximum Gasteiger partial charge on any atom is 0.0492 e. The van der Waals surface area contributed by atoms with Crippen molar-refractivity contribution in [3.8, 4) is 0 Å². The first-order valence-corrected chi connectivity index (χ1v) is 6.23. The molecule has 0 spiro atoms. The Bertz CT molecular complexity index is 298. The van der Waals surface area contributed by atoms with Crippen LogP contribution in [0.25, 0.3) is 0 Å². The minimum absolute atomic E-state index is 0.410. The Balaban J connectivity index is 2.53. The predicted molar refractivity (Wildman–Crippen MR) is 68.5 cm³/mol. The van der Waals surface area contributed by atoms with Crippen molar-refractivity contribution in [2.75, 3.05) is 13.6 Å². The van der Waals surface area contributed by atoms with Gasteiger partial charge in [-0.3, -0.25) is 4.68 Å². The van der Waals surface area contributed by atoms with Gasteiger partial charge in [-0.15, -0.1) is 0 Å². The monoisotopic (exact) mass is 223 g/mol. The van der Waals surface area contributed by atoms with E-state index in [1.54, 1.807) is 0 Å². The Kier molecular flexibility index (Phi) is 5.00. The molecule has 0 amide bonds. The molecule has 0 bridgehead atoms. The van der Waals surface area contributed by atoms with E-state index < -0.39 is 0 Å². The molecule has 1 aromatic heterocycles. The summed E-state index contributed by atoms with van der Waals surface area (Å²) in [5.74, 6) is 0. The van der Waals surface area contributed by atoms with Gasteiger partial charge in [0, 0.05) is 25.5 Å². The normalized spacial score (nSPS) is 15.0. The molecule has 3 nitrogen and oxygen atoms in total. The summed E-state index contributed by atoms with van der Waals surface area (Å²) in [6, 6.07) is 2.12. The molecule has 1 unspecified atom stereocenters. The summed E-state index contributed by atoms with van der Waals surface area (Å²) in [5, 5.41) is 7.53. The van der Waals surface area contributed by atoms with Crippen LogP contribution in [0.4, 0.5) is 0 Å². The highest BCUT2D eigenvalue weighted by molar-refractivity contribution is 5.00. The zero-order chi connectivity index (χ0) is 12.0. The first-order valence-electron chi connectivity index (χ1n) is 6.23. The summed E-state index contributed by atoms with van der Waals surface area (Å²) in [7, 11) is 4.06. The average molecular weight is 223 g/mol. The van der Waals surface area contributed by atoms with Gasteiger partial charge >= 0.3 is 0 Å². The lowest BCUT2D eigenvalue weighted by Gasteiger charge is -2.29. The second-order valence-corrected chi connectivity index (χ2v) is 5.04. The second kappa shape index (κ2) is 6.04. The van der Waals surface area contributed by atoms with E-state index >= 15 is 0 Å². The van der Waals surface area contributed by atoms with Crippen LogP contribution in [-0.2, 0) is 13.5 Å². The van der Waals surface area contributed by atoms with Crippen LogP contribution in [0.2, 0.25) is 0 Å². The van der Waals surface area contributed by atoms with Crippen LogP contribution in [0.1, 0.15) is 38.8 Å². The fourth-order valence-corrected chi connectivity index (χ4v) is 2.41. The van der Waals surface area contributed by atoms with Crippen molar-refractivity contribution in [3.63, 3.8) is 0 Å². The highest BCUT2D eigenvalue weighted by Crippen LogP contribution is 2.28. The van der Waals surface area contributed by atoms with Gasteiger partial charge in [-0.2, -0.15) is 5.10 Å². The molecular weight excluding hydrogens is 198 g/mol. The lowest BCUT2D eigenvalue weighted by atomic mass is 9.80. The average Bonchev–Trinajstić information content (AvgIpc) is 2.62. The van der Waals surface area contributed by atoms with E-state index in [9.17, 15) is 0 Å². The third-order valence-electron chi connectivity index (χ3n) is 3.36. The molecule has 1 N–H and O–H groups in total. The van der Waals surface area contributed by atoms with Crippen LogP contribution in [0.5, 0.6) is 0 Å². The first kappa shape index (κ1) is 13.2. The molecule has 1 rings (SSSR count). The summed E-state index contributed by atoms with van der Waals surface area (Å²) >= 11 is 0. The number of nitrogens with zero attached hydrogens (tertiary/aromatic N) is 2. The molecule has 0 aliphatic heterocycles. The molecule has 0 aliphatic rings. The Morgan fingerprint density at radius 2 is 2.19 bits per heavy atom. The molecule has 16 heavy (non-hydrogen) atoms. The topological polar surface area (TPSA) is 29.9 Å². The van der Waals surface area contributed by atoms with Crippen molar-refractivity contribution >= 4 is 0 Å². The molecule has 1 heterocycles. The number of hydrogen-bond donors (Lipinski definition) is 1. The number of rotatable bonds is 7. The van der Waals surface area contributed by atoms with Gasteiger partial charge in [0.15, 0.2) is 0 Å². The molecule has 0 aliphatic carbocycles. The van der Waals surface area contributed by atoms with Gasteiger partial charge in [0.25, 0.3) is 0 Å². The molecule has 0 fully saturated rings. The van der Waals surface area contributed by atoms with Gasteiger partial charge < -0.3 is 5.32 Å². The van der Waals surface area contributed by atoms with E-state index in [-0.39, 0.29) is 0 Å². The number of nitrogens with one attached hydrogen (secondary N) is 1. The molecule has 0 radical (unpaired) electrons. The van der Waals surface area contributed by atoms with Gasteiger partial charge in [0.1, 0.15) is 0 Å². The molecule has 0 saturated heterocycles. The second-order valence-electron chi connectivity index (χ2n) is 5.04. The van der Waals surface area contributed by atoms with Crippen LogP contribution in [0.3, 0.4) is 0 Å². The van der Waals surface area contributed by atoms with Crippen molar-refractivity contribution in [1.29, 1.82) is 0 Å². The van der Waals surface area contributed by atoms with Crippen molar-refractivity contribution in [1.82, 2.24) is 15.1 Å². The number of aryl methyl sites for hydroxylation is 2. The molecule has 0 saturated carbocycles. The Hall–Kier alpha value is -0.830. The lowest BCUT2D eigenvalue weighted by molar-refractivity contribution is 0.260. The zero-order valence-corrected chi connectivity index (χ0v) is 11.1. The van der Waals surface area contributed by atoms with E-state index in [0.29, 0.717) is 5.41 Å². The van der Waals surface area contributed by atoms with Crippen molar-refractivity contribution < 1.29 is 0 Å². The Morgan fingerprint density at radius 3 is 2.69 bits per heavy atom. The first-order chi connectivity index (χ1) is 7.61. The van der Waals surface area contributed by atoms with Crippen LogP contribution in [0, 0.1) is 5.41 Å². The largest absolute Gasteiger partial charge is 0.319 e. The summed E-state index contributed by atoms with van der Waals surface area (Å²) in [4.78, 5) is 0. The Labute approximate surface area is 99.2 Å². The van der Waals surface area contributed by atoms with E-state index in [0.717, 1.165) is 13.0 Å². The van der Waals surface area contributed by atoms with E-state index in [2.05, 4.69) is 30.3 Å². The van der Waals surface area contributed by atoms with Crippen LogP contribution in [0.15, 0.2) is 12.3 Å². The summed E-state index contributed by atoms with van der Waals surface area (Å²) in [6.45, 7) is 5.74. The Morgan fingerprint density at radius 1 is 1.44 bits per heavy atom. The fraction of sp³-hybridized carbons (Fsp3) is 0.769. The van der Waals surface area contributed by atoms with Crippen LogP contribution >= 0.6 is 0 Å². The van der Waals surface area contributed by atoms with E-state index in [1.807, 2.05) is 25.0 Å². The standard InChI is InChI=1S/C13H25N3/c1-5-8-13(2,11-14-3)9-6-12-7-10-15-16(12)4/h7,10,14H,5-6,8-9,11H2,1-4H3. The van der Waals surface area contributed by atoms with Crippen molar-refractivity contribution in [2.24, 2.45) is 12.5 Å². The molecule has 3 heteroatoms. The maximum absolute atomic E-state index is 4.21. The molecule has 1 aromatic rings. The number of hydrogen-bond acceptors (Lipinski definition) is 2.